The Kier molecular flexibility index (Phi) is 5.37. The Morgan fingerprint density at radius 1 is 1.29 bits per heavy atom. The molecule has 2 aromatic carbocycles. The van der Waals surface area contributed by atoms with Crippen LogP contribution < -0.4 is 5.73 Å². The van der Waals surface area contributed by atoms with E-state index in [2.05, 4.69) is 5.10 Å². The van der Waals surface area contributed by atoms with E-state index in [1.807, 2.05) is 25.1 Å². The van der Waals surface area contributed by atoms with Gasteiger partial charge in [0.15, 0.2) is 5.78 Å². The summed E-state index contributed by atoms with van der Waals surface area (Å²) in [6, 6.07) is 13.1. The summed E-state index contributed by atoms with van der Waals surface area (Å²) in [5.41, 5.74) is 9.48. The zero-order valence-corrected chi connectivity index (χ0v) is 15.6. The second-order valence-corrected chi connectivity index (χ2v) is 6.31. The van der Waals surface area contributed by atoms with Crippen LogP contribution in [0.3, 0.4) is 0 Å². The number of rotatable bonds is 5. The van der Waals surface area contributed by atoms with Crippen LogP contribution in [0, 0.1) is 17.1 Å². The number of nitrogen functional groups attached to an aromatic ring is 1. The molecule has 0 atom stereocenters. The minimum Gasteiger partial charge on any atom is -0.398 e. The molecule has 5 nitrogen and oxygen atoms in total. The molecule has 0 spiro atoms. The Balaban J connectivity index is 2.19. The molecule has 2 N–H and O–H groups in total. The molecule has 6 heteroatoms. The standard InChI is InChI=1S/C22H19FN4O/c1-3-4-5-15-10-18(8-9-20(15)25)27-22(12-21(26-27)14(2)28)16-6-7-17(13-24)19(23)11-16/h4-12H,3,25H2,1-2H3/b5-4+. The van der Waals surface area contributed by atoms with Crippen molar-refractivity contribution in [2.45, 2.75) is 20.3 Å². The number of nitriles is 1. The first-order valence-corrected chi connectivity index (χ1v) is 8.82. The largest absolute Gasteiger partial charge is 0.398 e. The number of benzene rings is 2. The molecule has 0 radical (unpaired) electrons. The van der Waals surface area contributed by atoms with Crippen LogP contribution in [-0.4, -0.2) is 15.6 Å². The maximum absolute atomic E-state index is 14.1. The number of Topliss-reactive ketones (excluding diaryl/α,β-unsaturated/α-hetero) is 1. The van der Waals surface area contributed by atoms with Crippen LogP contribution in [0.2, 0.25) is 0 Å². The molecule has 1 aromatic heterocycles. The summed E-state index contributed by atoms with van der Waals surface area (Å²) in [4.78, 5) is 11.9. The van der Waals surface area contributed by atoms with Crippen molar-refractivity contribution in [3.8, 4) is 23.0 Å². The SMILES string of the molecule is CC/C=C/c1cc(-n2nc(C(C)=O)cc2-c2ccc(C#N)c(F)c2)ccc1N. The zero-order chi connectivity index (χ0) is 20.3. The molecular weight excluding hydrogens is 355 g/mol. The number of ketones is 1. The van der Waals surface area contributed by atoms with Crippen molar-refractivity contribution in [1.29, 1.82) is 5.26 Å². The van der Waals surface area contributed by atoms with Gasteiger partial charge in [0, 0.05) is 18.2 Å². The van der Waals surface area contributed by atoms with E-state index in [9.17, 15) is 9.18 Å². The second kappa shape index (κ2) is 7.89. The Bertz CT molecular complexity index is 1120. The van der Waals surface area contributed by atoms with Gasteiger partial charge in [-0.15, -0.1) is 0 Å². The highest BCUT2D eigenvalue weighted by Crippen LogP contribution is 2.28. The first-order chi connectivity index (χ1) is 13.4. The van der Waals surface area contributed by atoms with Gasteiger partial charge in [0.05, 0.1) is 16.9 Å². The van der Waals surface area contributed by atoms with Gasteiger partial charge < -0.3 is 5.73 Å². The molecule has 3 rings (SSSR count). The van der Waals surface area contributed by atoms with Crippen molar-refractivity contribution < 1.29 is 9.18 Å². The summed E-state index contributed by atoms with van der Waals surface area (Å²) >= 11 is 0. The minimum absolute atomic E-state index is 0.0407. The Labute approximate surface area is 162 Å². The average molecular weight is 374 g/mol. The van der Waals surface area contributed by atoms with E-state index in [-0.39, 0.29) is 17.0 Å². The third kappa shape index (κ3) is 3.69. The molecule has 0 bridgehead atoms. The van der Waals surface area contributed by atoms with Crippen LogP contribution in [0.1, 0.15) is 41.9 Å². The van der Waals surface area contributed by atoms with E-state index < -0.39 is 5.82 Å². The van der Waals surface area contributed by atoms with Crippen molar-refractivity contribution in [2.24, 2.45) is 0 Å². The first-order valence-electron chi connectivity index (χ1n) is 8.82. The molecule has 0 amide bonds. The van der Waals surface area contributed by atoms with Crippen LogP contribution in [0.4, 0.5) is 10.1 Å². The summed E-state index contributed by atoms with van der Waals surface area (Å²) in [6.45, 7) is 3.45. The van der Waals surface area contributed by atoms with E-state index in [0.29, 0.717) is 22.6 Å². The van der Waals surface area contributed by atoms with Crippen LogP contribution in [-0.2, 0) is 0 Å². The summed E-state index contributed by atoms with van der Waals surface area (Å²) in [6.07, 6.45) is 4.79. The number of nitrogens with zero attached hydrogens (tertiary/aromatic N) is 3. The fourth-order valence-electron chi connectivity index (χ4n) is 2.80. The van der Waals surface area contributed by atoms with Gasteiger partial charge in [0.25, 0.3) is 0 Å². The van der Waals surface area contributed by atoms with Gasteiger partial charge in [-0.05, 0) is 48.4 Å². The van der Waals surface area contributed by atoms with Crippen molar-refractivity contribution in [3.63, 3.8) is 0 Å². The molecule has 0 fully saturated rings. The lowest BCUT2D eigenvalue weighted by atomic mass is 10.1. The molecule has 140 valence electrons. The number of anilines is 1. The van der Waals surface area contributed by atoms with E-state index in [1.165, 1.54) is 19.1 Å². The quantitative estimate of drug-likeness (QED) is 0.515. The number of halogens is 1. The third-order valence-corrected chi connectivity index (χ3v) is 4.30. The molecule has 3 aromatic rings. The molecule has 0 unspecified atom stereocenters. The smallest absolute Gasteiger partial charge is 0.180 e. The fraction of sp³-hybridized carbons (Fsp3) is 0.136. The fourth-order valence-corrected chi connectivity index (χ4v) is 2.80. The van der Waals surface area contributed by atoms with Crippen molar-refractivity contribution >= 4 is 17.5 Å². The number of allylic oxidation sites excluding steroid dienone is 1. The van der Waals surface area contributed by atoms with Crippen LogP contribution in [0.5, 0.6) is 0 Å². The van der Waals surface area contributed by atoms with Gasteiger partial charge in [-0.1, -0.05) is 25.1 Å². The predicted octanol–water partition coefficient (Wildman–Crippen LogP) is 4.76. The van der Waals surface area contributed by atoms with Gasteiger partial charge in [-0.2, -0.15) is 10.4 Å². The Morgan fingerprint density at radius 2 is 2.07 bits per heavy atom. The number of hydrogen-bond acceptors (Lipinski definition) is 4. The topological polar surface area (TPSA) is 84.7 Å². The molecular formula is C22H19FN4O. The van der Waals surface area contributed by atoms with Crippen LogP contribution >= 0.6 is 0 Å². The van der Waals surface area contributed by atoms with Gasteiger partial charge in [-0.25, -0.2) is 9.07 Å². The number of hydrogen-bond donors (Lipinski definition) is 1. The minimum atomic E-state index is -0.624. The summed E-state index contributed by atoms with van der Waals surface area (Å²) in [5, 5.41) is 13.3. The lowest BCUT2D eigenvalue weighted by molar-refractivity contribution is 0.101. The van der Waals surface area contributed by atoms with Crippen LogP contribution in [0.25, 0.3) is 23.0 Å². The van der Waals surface area contributed by atoms with Crippen LogP contribution in [0.15, 0.2) is 48.5 Å². The predicted molar refractivity (Wildman–Crippen MR) is 107 cm³/mol. The van der Waals surface area contributed by atoms with Gasteiger partial charge in [-0.3, -0.25) is 4.79 Å². The highest BCUT2D eigenvalue weighted by molar-refractivity contribution is 5.93. The number of carbonyl (C=O) groups excluding carboxylic acids is 1. The third-order valence-electron chi connectivity index (χ3n) is 4.30. The number of aromatic nitrogens is 2. The lowest BCUT2D eigenvalue weighted by Crippen LogP contribution is -2.03. The summed E-state index contributed by atoms with van der Waals surface area (Å²) in [7, 11) is 0. The molecule has 0 saturated heterocycles. The summed E-state index contributed by atoms with van der Waals surface area (Å²) in [5.74, 6) is -0.823. The highest BCUT2D eigenvalue weighted by Gasteiger charge is 2.16. The van der Waals surface area contributed by atoms with E-state index in [0.717, 1.165) is 12.0 Å². The maximum Gasteiger partial charge on any atom is 0.180 e. The molecule has 0 aliphatic rings. The van der Waals surface area contributed by atoms with Crippen molar-refractivity contribution in [3.05, 3.63) is 71.2 Å². The molecule has 1 heterocycles. The average Bonchev–Trinajstić information content (AvgIpc) is 3.13. The molecule has 0 saturated carbocycles. The Morgan fingerprint density at radius 3 is 2.71 bits per heavy atom. The number of carbonyl (C=O) groups is 1. The second-order valence-electron chi connectivity index (χ2n) is 6.31. The van der Waals surface area contributed by atoms with Crippen molar-refractivity contribution in [1.82, 2.24) is 9.78 Å². The highest BCUT2D eigenvalue weighted by atomic mass is 19.1. The molecule has 0 aliphatic heterocycles. The van der Waals surface area contributed by atoms with Gasteiger partial charge >= 0.3 is 0 Å². The van der Waals surface area contributed by atoms with Crippen molar-refractivity contribution in [2.75, 3.05) is 5.73 Å². The molecule has 28 heavy (non-hydrogen) atoms. The van der Waals surface area contributed by atoms with E-state index in [4.69, 9.17) is 11.0 Å². The summed E-state index contributed by atoms with van der Waals surface area (Å²) < 4.78 is 15.7. The normalized spacial score (nSPS) is 10.9. The number of nitrogens with two attached hydrogens (primary N) is 1. The maximum atomic E-state index is 14.1. The van der Waals surface area contributed by atoms with E-state index >= 15 is 0 Å². The van der Waals surface area contributed by atoms with Gasteiger partial charge in [0.1, 0.15) is 17.6 Å². The monoisotopic (exact) mass is 374 g/mol. The van der Waals surface area contributed by atoms with E-state index in [1.54, 1.807) is 35.0 Å². The Hall–Kier alpha value is -3.72. The molecule has 0 aliphatic carbocycles. The lowest BCUT2D eigenvalue weighted by Gasteiger charge is -2.10. The van der Waals surface area contributed by atoms with Gasteiger partial charge in [0.2, 0.25) is 0 Å². The first kappa shape index (κ1) is 19.1. The zero-order valence-electron chi connectivity index (χ0n) is 15.6.